The molecule has 0 spiro atoms. The predicted molar refractivity (Wildman–Crippen MR) is 58.8 cm³/mol. The Kier molecular flexibility index (Phi) is 4.79. The fraction of sp³-hybridized carbons (Fsp3) is 0.400. The molecule has 4 heteroatoms. The molecule has 1 rings (SSSR count). The Morgan fingerprint density at radius 3 is 2.86 bits per heavy atom. The molecule has 0 aromatic heterocycles. The summed E-state index contributed by atoms with van der Waals surface area (Å²) in [4.78, 5) is 1.07. The summed E-state index contributed by atoms with van der Waals surface area (Å²) >= 11 is 1.62. The molecule has 0 amide bonds. The lowest BCUT2D eigenvalue weighted by atomic mass is 10.3. The number of para-hydroxylation sites is 1. The van der Waals surface area contributed by atoms with Crippen molar-refractivity contribution in [3.63, 3.8) is 0 Å². The van der Waals surface area contributed by atoms with E-state index in [4.69, 9.17) is 10.5 Å². The number of ether oxygens (including phenoxy) is 1. The molecule has 3 nitrogen and oxygen atoms in total. The molecule has 14 heavy (non-hydrogen) atoms. The Labute approximate surface area is 88.3 Å². The van der Waals surface area contributed by atoms with Gasteiger partial charge >= 0.3 is 0 Å². The van der Waals surface area contributed by atoms with Crippen LogP contribution in [0.1, 0.15) is 0 Å². The Morgan fingerprint density at radius 1 is 1.50 bits per heavy atom. The number of nitrogens with two attached hydrogens (primary N) is 1. The molecule has 0 heterocycles. The molecule has 3 N–H and O–H groups in total. The van der Waals surface area contributed by atoms with Crippen molar-refractivity contribution in [1.82, 2.24) is 0 Å². The fourth-order valence-electron chi connectivity index (χ4n) is 0.992. The van der Waals surface area contributed by atoms with Crippen molar-refractivity contribution in [3.05, 3.63) is 24.3 Å². The number of rotatable bonds is 5. The highest BCUT2D eigenvalue weighted by atomic mass is 32.2. The van der Waals surface area contributed by atoms with E-state index >= 15 is 0 Å². The van der Waals surface area contributed by atoms with Crippen molar-refractivity contribution in [2.24, 2.45) is 5.73 Å². The Morgan fingerprint density at radius 2 is 2.21 bits per heavy atom. The summed E-state index contributed by atoms with van der Waals surface area (Å²) in [5.41, 5.74) is 5.27. The standard InChI is InChI=1S/C10H15NO2S/c1-14-10-5-3-2-4-9(10)13-7-8(12)6-11/h2-5,8,12H,6-7,11H2,1H3/t8-/m1/s1. The summed E-state index contributed by atoms with van der Waals surface area (Å²) in [6, 6.07) is 7.73. The second kappa shape index (κ2) is 5.90. The number of thioether (sulfide) groups is 1. The highest BCUT2D eigenvalue weighted by molar-refractivity contribution is 7.98. The van der Waals surface area contributed by atoms with Gasteiger partial charge in [0.05, 0.1) is 0 Å². The van der Waals surface area contributed by atoms with Gasteiger partial charge in [-0.05, 0) is 18.4 Å². The zero-order chi connectivity index (χ0) is 10.4. The van der Waals surface area contributed by atoms with Crippen molar-refractivity contribution >= 4 is 11.8 Å². The molecule has 0 unspecified atom stereocenters. The van der Waals surface area contributed by atoms with Gasteiger partial charge in [-0.2, -0.15) is 0 Å². The van der Waals surface area contributed by atoms with Crippen LogP contribution in [0.5, 0.6) is 5.75 Å². The summed E-state index contributed by atoms with van der Waals surface area (Å²) in [6.07, 6.45) is 1.39. The molecular formula is C10H15NO2S. The Bertz CT molecular complexity index is 281. The van der Waals surface area contributed by atoms with E-state index in [0.29, 0.717) is 0 Å². The van der Waals surface area contributed by atoms with Crippen molar-refractivity contribution in [3.8, 4) is 5.75 Å². The first-order chi connectivity index (χ1) is 6.77. The van der Waals surface area contributed by atoms with Crippen LogP contribution in [-0.2, 0) is 0 Å². The number of aliphatic hydroxyl groups excluding tert-OH is 1. The maximum absolute atomic E-state index is 9.23. The van der Waals surface area contributed by atoms with E-state index in [9.17, 15) is 5.11 Å². The maximum Gasteiger partial charge on any atom is 0.132 e. The van der Waals surface area contributed by atoms with E-state index in [-0.39, 0.29) is 13.2 Å². The molecule has 0 aliphatic rings. The molecule has 0 radical (unpaired) electrons. The van der Waals surface area contributed by atoms with E-state index < -0.39 is 6.10 Å². The average Bonchev–Trinajstić information content (AvgIpc) is 2.26. The second-order valence-electron chi connectivity index (χ2n) is 2.85. The van der Waals surface area contributed by atoms with Crippen molar-refractivity contribution < 1.29 is 9.84 Å². The summed E-state index contributed by atoms with van der Waals surface area (Å²) in [7, 11) is 0. The van der Waals surface area contributed by atoms with E-state index in [1.165, 1.54) is 0 Å². The topological polar surface area (TPSA) is 55.5 Å². The van der Waals surface area contributed by atoms with Gasteiger partial charge in [-0.3, -0.25) is 0 Å². The number of hydrogen-bond acceptors (Lipinski definition) is 4. The van der Waals surface area contributed by atoms with Gasteiger partial charge in [0.2, 0.25) is 0 Å². The normalized spacial score (nSPS) is 12.5. The van der Waals surface area contributed by atoms with Crippen LogP contribution in [0.2, 0.25) is 0 Å². The smallest absolute Gasteiger partial charge is 0.132 e. The first-order valence-electron chi connectivity index (χ1n) is 4.42. The van der Waals surface area contributed by atoms with Gasteiger partial charge in [-0.1, -0.05) is 12.1 Å². The van der Waals surface area contributed by atoms with Crippen LogP contribution in [0.3, 0.4) is 0 Å². The van der Waals surface area contributed by atoms with Gasteiger partial charge in [0, 0.05) is 11.4 Å². The molecule has 1 aromatic carbocycles. The van der Waals surface area contributed by atoms with Crippen LogP contribution in [-0.4, -0.2) is 30.6 Å². The third-order valence-electron chi connectivity index (χ3n) is 1.77. The SMILES string of the molecule is CSc1ccccc1OC[C@H](O)CN. The molecule has 0 bridgehead atoms. The predicted octanol–water partition coefficient (Wildman–Crippen LogP) is 1.11. The summed E-state index contributed by atoms with van der Waals surface area (Å²) in [6.45, 7) is 0.468. The van der Waals surface area contributed by atoms with Crippen LogP contribution in [0.25, 0.3) is 0 Å². The number of benzene rings is 1. The van der Waals surface area contributed by atoms with Crippen LogP contribution < -0.4 is 10.5 Å². The quantitative estimate of drug-likeness (QED) is 0.719. The van der Waals surface area contributed by atoms with Crippen molar-refractivity contribution in [1.29, 1.82) is 0 Å². The molecule has 1 aromatic rings. The van der Waals surface area contributed by atoms with E-state index in [0.717, 1.165) is 10.6 Å². The Balaban J connectivity index is 2.57. The Hall–Kier alpha value is -0.710. The van der Waals surface area contributed by atoms with Crippen LogP contribution in [0.4, 0.5) is 0 Å². The third kappa shape index (κ3) is 3.21. The van der Waals surface area contributed by atoms with Gasteiger partial charge in [0.25, 0.3) is 0 Å². The molecular weight excluding hydrogens is 198 g/mol. The van der Waals surface area contributed by atoms with Crippen molar-refractivity contribution in [2.75, 3.05) is 19.4 Å². The van der Waals surface area contributed by atoms with Gasteiger partial charge in [-0.15, -0.1) is 11.8 Å². The van der Waals surface area contributed by atoms with E-state index in [1.54, 1.807) is 11.8 Å². The lowest BCUT2D eigenvalue weighted by molar-refractivity contribution is 0.112. The highest BCUT2D eigenvalue weighted by Gasteiger charge is 2.05. The monoisotopic (exact) mass is 213 g/mol. The second-order valence-corrected chi connectivity index (χ2v) is 3.70. The molecule has 78 valence electrons. The summed E-state index contributed by atoms with van der Waals surface area (Å²) in [5, 5.41) is 9.23. The molecule has 1 atom stereocenters. The van der Waals surface area contributed by atoms with Gasteiger partial charge in [-0.25, -0.2) is 0 Å². The minimum Gasteiger partial charge on any atom is -0.490 e. The lowest BCUT2D eigenvalue weighted by Gasteiger charge is -2.12. The van der Waals surface area contributed by atoms with Gasteiger partial charge in [0.15, 0.2) is 0 Å². The van der Waals surface area contributed by atoms with Crippen LogP contribution in [0.15, 0.2) is 29.2 Å². The largest absolute Gasteiger partial charge is 0.490 e. The average molecular weight is 213 g/mol. The van der Waals surface area contributed by atoms with Crippen molar-refractivity contribution in [2.45, 2.75) is 11.0 Å². The van der Waals surface area contributed by atoms with Crippen LogP contribution >= 0.6 is 11.8 Å². The zero-order valence-electron chi connectivity index (χ0n) is 8.14. The first kappa shape index (κ1) is 11.4. The van der Waals surface area contributed by atoms with E-state index in [1.807, 2.05) is 30.5 Å². The minimum absolute atomic E-state index is 0.224. The molecule has 0 aliphatic carbocycles. The summed E-state index contributed by atoms with van der Waals surface area (Å²) < 4.78 is 5.43. The molecule has 0 saturated heterocycles. The summed E-state index contributed by atoms with van der Waals surface area (Å²) in [5.74, 6) is 0.799. The van der Waals surface area contributed by atoms with Gasteiger partial charge < -0.3 is 15.6 Å². The minimum atomic E-state index is -0.593. The van der Waals surface area contributed by atoms with E-state index in [2.05, 4.69) is 0 Å². The third-order valence-corrected chi connectivity index (χ3v) is 2.55. The van der Waals surface area contributed by atoms with Gasteiger partial charge in [0.1, 0.15) is 18.5 Å². The molecule has 0 saturated carbocycles. The maximum atomic E-state index is 9.23. The fourth-order valence-corrected chi connectivity index (χ4v) is 1.53. The zero-order valence-corrected chi connectivity index (χ0v) is 8.96. The number of aliphatic hydroxyl groups is 1. The molecule has 0 aliphatic heterocycles. The van der Waals surface area contributed by atoms with Crippen LogP contribution in [0, 0.1) is 0 Å². The molecule has 0 fully saturated rings. The highest BCUT2D eigenvalue weighted by Crippen LogP contribution is 2.26. The lowest BCUT2D eigenvalue weighted by Crippen LogP contribution is -2.26. The first-order valence-corrected chi connectivity index (χ1v) is 5.64. The number of hydrogen-bond donors (Lipinski definition) is 2.